The predicted octanol–water partition coefficient (Wildman–Crippen LogP) is 2.62. The van der Waals surface area contributed by atoms with Crippen molar-refractivity contribution in [1.82, 2.24) is 0 Å². The van der Waals surface area contributed by atoms with Gasteiger partial charge in [0.1, 0.15) is 0 Å². The average molecular weight is 250 g/mol. The number of nitrogens with zero attached hydrogens (tertiary/aromatic N) is 1. The Labute approximate surface area is 80.5 Å². The lowest BCUT2D eigenvalue weighted by molar-refractivity contribution is -0.380. The number of nitro groups is 1. The number of Topliss-reactive ketones (excluding diaryl/α,β-unsaturated/α-hetero) is 1. The van der Waals surface area contributed by atoms with Crippen LogP contribution in [-0.2, 0) is 0 Å². The van der Waals surface area contributed by atoms with Gasteiger partial charge >= 0.3 is 5.00 Å². The molecule has 0 amide bonds. The molecule has 0 aliphatic carbocycles. The lowest BCUT2D eigenvalue weighted by Gasteiger charge is -1.85. The van der Waals surface area contributed by atoms with Crippen molar-refractivity contribution in [2.24, 2.45) is 0 Å². The van der Waals surface area contributed by atoms with Crippen LogP contribution in [0.2, 0.25) is 0 Å². The summed E-state index contributed by atoms with van der Waals surface area (Å²) in [6.45, 7) is 1.38. The quantitative estimate of drug-likeness (QED) is 0.460. The minimum Gasteiger partial charge on any atom is -0.294 e. The number of halogens is 1. The summed E-state index contributed by atoms with van der Waals surface area (Å²) in [5.41, 5.74) is 0. The standard InChI is InChI=1S/C6H4BrNO3S/c1-3(9)6-4(7)2-5(12-6)8(10)11/h2H,1H3. The molecule has 1 aromatic rings. The number of hydrogen-bond acceptors (Lipinski definition) is 4. The van der Waals surface area contributed by atoms with Crippen molar-refractivity contribution in [1.29, 1.82) is 0 Å². The van der Waals surface area contributed by atoms with Crippen LogP contribution >= 0.6 is 27.3 Å². The van der Waals surface area contributed by atoms with Crippen molar-refractivity contribution in [2.45, 2.75) is 6.92 Å². The molecule has 6 heteroatoms. The lowest BCUT2D eigenvalue weighted by Crippen LogP contribution is -1.86. The highest BCUT2D eigenvalue weighted by Gasteiger charge is 2.17. The fourth-order valence-electron chi connectivity index (χ4n) is 0.687. The van der Waals surface area contributed by atoms with E-state index in [1.807, 2.05) is 0 Å². The molecule has 0 unspecified atom stereocenters. The number of rotatable bonds is 2. The first-order valence-electron chi connectivity index (χ1n) is 2.97. The minimum atomic E-state index is -0.512. The van der Waals surface area contributed by atoms with E-state index in [0.29, 0.717) is 9.35 Å². The molecule has 0 N–H and O–H groups in total. The first kappa shape index (κ1) is 9.34. The lowest BCUT2D eigenvalue weighted by atomic mass is 10.4. The van der Waals surface area contributed by atoms with E-state index >= 15 is 0 Å². The Hall–Kier alpha value is -0.750. The second-order valence-electron chi connectivity index (χ2n) is 2.07. The summed E-state index contributed by atoms with van der Waals surface area (Å²) >= 11 is 3.95. The zero-order valence-corrected chi connectivity index (χ0v) is 8.44. The zero-order chi connectivity index (χ0) is 9.30. The van der Waals surface area contributed by atoms with E-state index in [1.54, 1.807) is 0 Å². The molecule has 0 radical (unpaired) electrons. The Morgan fingerprint density at radius 1 is 1.75 bits per heavy atom. The van der Waals surface area contributed by atoms with Gasteiger partial charge < -0.3 is 0 Å². The second kappa shape index (κ2) is 3.32. The van der Waals surface area contributed by atoms with Crippen molar-refractivity contribution in [3.63, 3.8) is 0 Å². The fourth-order valence-corrected chi connectivity index (χ4v) is 2.34. The smallest absolute Gasteiger partial charge is 0.294 e. The largest absolute Gasteiger partial charge is 0.325 e. The zero-order valence-electron chi connectivity index (χ0n) is 6.04. The summed E-state index contributed by atoms with van der Waals surface area (Å²) in [6, 6.07) is 1.33. The van der Waals surface area contributed by atoms with Crippen LogP contribution in [0.3, 0.4) is 0 Å². The first-order valence-corrected chi connectivity index (χ1v) is 4.58. The molecular weight excluding hydrogens is 246 g/mol. The summed E-state index contributed by atoms with van der Waals surface area (Å²) in [7, 11) is 0. The van der Waals surface area contributed by atoms with Crippen LogP contribution in [0.1, 0.15) is 16.6 Å². The Morgan fingerprint density at radius 2 is 2.33 bits per heavy atom. The van der Waals surface area contributed by atoms with Crippen LogP contribution in [0.5, 0.6) is 0 Å². The molecule has 1 heterocycles. The van der Waals surface area contributed by atoms with Gasteiger partial charge in [0.05, 0.1) is 9.80 Å². The molecule has 1 aromatic heterocycles. The maximum absolute atomic E-state index is 10.9. The molecule has 0 aliphatic heterocycles. The fraction of sp³-hybridized carbons (Fsp3) is 0.167. The van der Waals surface area contributed by atoms with Gasteiger partial charge in [0.15, 0.2) is 5.78 Å². The van der Waals surface area contributed by atoms with Gasteiger partial charge in [-0.05, 0) is 22.9 Å². The summed E-state index contributed by atoms with van der Waals surface area (Å²) in [6.07, 6.45) is 0. The third-order valence-electron chi connectivity index (χ3n) is 1.17. The number of hydrogen-bond donors (Lipinski definition) is 0. The number of carbonyl (C=O) groups is 1. The van der Waals surface area contributed by atoms with Gasteiger partial charge in [-0.1, -0.05) is 11.3 Å². The molecular formula is C6H4BrNO3S. The molecule has 0 atom stereocenters. The molecule has 0 aromatic carbocycles. The summed E-state index contributed by atoms with van der Waals surface area (Å²) in [5.74, 6) is -0.167. The summed E-state index contributed by atoms with van der Waals surface area (Å²) < 4.78 is 0.492. The average Bonchev–Trinajstić information content (AvgIpc) is 2.30. The number of ketones is 1. The Kier molecular flexibility index (Phi) is 2.58. The van der Waals surface area contributed by atoms with Gasteiger partial charge in [0.25, 0.3) is 0 Å². The molecule has 0 fully saturated rings. The van der Waals surface area contributed by atoms with Gasteiger partial charge in [-0.15, -0.1) is 0 Å². The van der Waals surface area contributed by atoms with Gasteiger partial charge in [-0.25, -0.2) is 0 Å². The minimum absolute atomic E-state index is 0.0212. The van der Waals surface area contributed by atoms with Gasteiger partial charge in [0, 0.05) is 10.5 Å². The Morgan fingerprint density at radius 3 is 2.58 bits per heavy atom. The van der Waals surface area contributed by atoms with Crippen molar-refractivity contribution >= 4 is 38.1 Å². The molecule has 4 nitrogen and oxygen atoms in total. The maximum atomic E-state index is 10.9. The Balaban J connectivity index is 3.17. The number of carbonyl (C=O) groups excluding carboxylic acids is 1. The van der Waals surface area contributed by atoms with E-state index in [4.69, 9.17) is 0 Å². The third-order valence-corrected chi connectivity index (χ3v) is 3.25. The molecule has 0 bridgehead atoms. The number of thiophene rings is 1. The molecule has 1 rings (SSSR count). The van der Waals surface area contributed by atoms with Crippen molar-refractivity contribution in [3.05, 3.63) is 25.5 Å². The van der Waals surface area contributed by atoms with E-state index in [1.165, 1.54) is 13.0 Å². The Bertz CT molecular complexity index is 347. The topological polar surface area (TPSA) is 60.2 Å². The molecule has 0 saturated carbocycles. The predicted molar refractivity (Wildman–Crippen MR) is 48.7 cm³/mol. The van der Waals surface area contributed by atoms with Crippen LogP contribution in [0.4, 0.5) is 5.00 Å². The molecule has 64 valence electrons. The van der Waals surface area contributed by atoms with Crippen LogP contribution in [0.15, 0.2) is 10.5 Å². The van der Waals surface area contributed by atoms with Gasteiger partial charge in [-0.3, -0.25) is 14.9 Å². The van der Waals surface area contributed by atoms with Crippen molar-refractivity contribution < 1.29 is 9.72 Å². The third kappa shape index (κ3) is 1.70. The molecule has 0 spiro atoms. The molecule has 0 saturated heterocycles. The summed E-state index contributed by atoms with van der Waals surface area (Å²) in [5, 5.41) is 10.3. The molecule has 12 heavy (non-hydrogen) atoms. The van der Waals surface area contributed by atoms with E-state index in [9.17, 15) is 14.9 Å². The SMILES string of the molecule is CC(=O)c1sc([N+](=O)[O-])cc1Br. The van der Waals surface area contributed by atoms with E-state index in [0.717, 1.165) is 11.3 Å². The summed E-state index contributed by atoms with van der Waals surface area (Å²) in [4.78, 5) is 21.0. The first-order chi connectivity index (χ1) is 5.52. The van der Waals surface area contributed by atoms with E-state index < -0.39 is 4.92 Å². The van der Waals surface area contributed by atoms with Gasteiger partial charge in [0.2, 0.25) is 0 Å². The highest BCUT2D eigenvalue weighted by molar-refractivity contribution is 9.10. The molecule has 0 aliphatic rings. The van der Waals surface area contributed by atoms with Crippen LogP contribution in [0.25, 0.3) is 0 Å². The second-order valence-corrected chi connectivity index (χ2v) is 3.96. The van der Waals surface area contributed by atoms with Crippen molar-refractivity contribution in [3.8, 4) is 0 Å². The van der Waals surface area contributed by atoms with Crippen LogP contribution < -0.4 is 0 Å². The van der Waals surface area contributed by atoms with Gasteiger partial charge in [-0.2, -0.15) is 0 Å². The highest BCUT2D eigenvalue weighted by atomic mass is 79.9. The van der Waals surface area contributed by atoms with E-state index in [-0.39, 0.29) is 10.8 Å². The monoisotopic (exact) mass is 249 g/mol. The van der Waals surface area contributed by atoms with Crippen LogP contribution in [-0.4, -0.2) is 10.7 Å². The van der Waals surface area contributed by atoms with E-state index in [2.05, 4.69) is 15.9 Å². The normalized spacial score (nSPS) is 9.83. The highest BCUT2D eigenvalue weighted by Crippen LogP contribution is 2.32. The van der Waals surface area contributed by atoms with Crippen LogP contribution in [0, 0.1) is 10.1 Å². The van der Waals surface area contributed by atoms with Crippen molar-refractivity contribution in [2.75, 3.05) is 0 Å². The maximum Gasteiger partial charge on any atom is 0.325 e.